The van der Waals surface area contributed by atoms with Crippen LogP contribution in [-0.2, 0) is 17.8 Å². The molecule has 1 aromatic carbocycles. The van der Waals surface area contributed by atoms with Gasteiger partial charge in [0.25, 0.3) is 0 Å². The number of anilines is 3. The highest BCUT2D eigenvalue weighted by molar-refractivity contribution is 7.99. The maximum absolute atomic E-state index is 5.56. The Hall–Kier alpha value is -2.09. The standard InChI is InChI=1S/C23H26N4OS2/c1-3-7-16(8-4-1)24-21-13-18(29-17-9-5-2-6-10-17)14-22(26-21)27-23-25-19-11-12-28-15-20(19)30-23/h2,5-6,9-10,13-14,16H,1,3-4,7-8,11-12,15H2,(H2,24,25,26,27). The Bertz CT molecular complexity index is 963. The Morgan fingerprint density at radius 3 is 2.63 bits per heavy atom. The fraction of sp³-hybridized carbons (Fsp3) is 0.391. The van der Waals surface area contributed by atoms with E-state index in [1.807, 2.05) is 6.07 Å². The number of hydrogen-bond donors (Lipinski definition) is 2. The summed E-state index contributed by atoms with van der Waals surface area (Å²) in [5.41, 5.74) is 1.16. The molecule has 3 heterocycles. The maximum atomic E-state index is 5.56. The second-order valence-electron chi connectivity index (χ2n) is 7.78. The molecule has 0 radical (unpaired) electrons. The Morgan fingerprint density at radius 2 is 1.80 bits per heavy atom. The fourth-order valence-corrected chi connectivity index (χ4v) is 5.83. The van der Waals surface area contributed by atoms with E-state index in [9.17, 15) is 0 Å². The lowest BCUT2D eigenvalue weighted by Gasteiger charge is -2.23. The summed E-state index contributed by atoms with van der Waals surface area (Å²) in [6.07, 6.45) is 7.28. The zero-order valence-corrected chi connectivity index (χ0v) is 18.5. The molecule has 1 fully saturated rings. The first-order valence-corrected chi connectivity index (χ1v) is 12.3. The summed E-state index contributed by atoms with van der Waals surface area (Å²) in [4.78, 5) is 13.2. The van der Waals surface area contributed by atoms with Crippen LogP contribution in [0, 0.1) is 0 Å². The fourth-order valence-electron chi connectivity index (χ4n) is 3.97. The van der Waals surface area contributed by atoms with Gasteiger partial charge in [-0.3, -0.25) is 0 Å². The molecular weight excluding hydrogens is 412 g/mol. The van der Waals surface area contributed by atoms with Crippen LogP contribution < -0.4 is 10.6 Å². The number of thiazole rings is 1. The minimum atomic E-state index is 0.514. The van der Waals surface area contributed by atoms with Gasteiger partial charge in [0, 0.05) is 22.3 Å². The van der Waals surface area contributed by atoms with Gasteiger partial charge in [-0.1, -0.05) is 60.6 Å². The lowest BCUT2D eigenvalue weighted by atomic mass is 9.95. The van der Waals surface area contributed by atoms with Gasteiger partial charge in [0.05, 0.1) is 23.8 Å². The Labute approximate surface area is 185 Å². The van der Waals surface area contributed by atoms with E-state index in [4.69, 9.17) is 14.7 Å². The van der Waals surface area contributed by atoms with E-state index < -0.39 is 0 Å². The molecule has 7 heteroatoms. The molecule has 2 N–H and O–H groups in total. The summed E-state index contributed by atoms with van der Waals surface area (Å²) in [6.45, 7) is 1.42. The predicted octanol–water partition coefficient (Wildman–Crippen LogP) is 6.25. The maximum Gasteiger partial charge on any atom is 0.188 e. The van der Waals surface area contributed by atoms with E-state index in [2.05, 4.69) is 47.0 Å². The van der Waals surface area contributed by atoms with Gasteiger partial charge in [-0.25, -0.2) is 9.97 Å². The van der Waals surface area contributed by atoms with Gasteiger partial charge in [-0.2, -0.15) is 0 Å². The van der Waals surface area contributed by atoms with E-state index in [0.29, 0.717) is 12.6 Å². The summed E-state index contributed by atoms with van der Waals surface area (Å²) in [5.74, 6) is 1.77. The second-order valence-corrected chi connectivity index (χ2v) is 10.0. The van der Waals surface area contributed by atoms with Crippen LogP contribution in [0.4, 0.5) is 16.8 Å². The van der Waals surface area contributed by atoms with Crippen molar-refractivity contribution in [3.63, 3.8) is 0 Å². The zero-order valence-electron chi connectivity index (χ0n) is 16.9. The van der Waals surface area contributed by atoms with Crippen LogP contribution in [-0.4, -0.2) is 22.6 Å². The average molecular weight is 439 g/mol. The van der Waals surface area contributed by atoms with E-state index in [1.165, 1.54) is 46.8 Å². The smallest absolute Gasteiger partial charge is 0.188 e. The average Bonchev–Trinajstić information content (AvgIpc) is 3.17. The van der Waals surface area contributed by atoms with Gasteiger partial charge in [0.2, 0.25) is 0 Å². The van der Waals surface area contributed by atoms with Gasteiger partial charge in [-0.15, -0.1) is 0 Å². The number of benzene rings is 1. The number of fused-ring (bicyclic) bond motifs is 1. The van der Waals surface area contributed by atoms with Crippen molar-refractivity contribution in [3.8, 4) is 0 Å². The summed E-state index contributed by atoms with van der Waals surface area (Å²) >= 11 is 3.43. The minimum Gasteiger partial charge on any atom is -0.375 e. The molecule has 0 bridgehead atoms. The Kier molecular flexibility index (Phi) is 6.20. The summed E-state index contributed by atoms with van der Waals surface area (Å²) in [5, 5.41) is 8.03. The lowest BCUT2D eigenvalue weighted by Crippen LogP contribution is -2.22. The molecule has 1 aliphatic heterocycles. The van der Waals surface area contributed by atoms with Crippen molar-refractivity contribution in [1.82, 2.24) is 9.97 Å². The normalized spacial score (nSPS) is 16.8. The van der Waals surface area contributed by atoms with Crippen LogP contribution in [0.25, 0.3) is 0 Å². The molecule has 0 unspecified atom stereocenters. The molecular formula is C23H26N4OS2. The highest BCUT2D eigenvalue weighted by Crippen LogP contribution is 2.34. The number of nitrogens with zero attached hydrogens (tertiary/aromatic N) is 2. The molecule has 5 rings (SSSR count). The molecule has 3 aromatic rings. The highest BCUT2D eigenvalue weighted by atomic mass is 32.2. The number of aromatic nitrogens is 2. The molecule has 156 valence electrons. The predicted molar refractivity (Wildman–Crippen MR) is 124 cm³/mol. The molecule has 0 spiro atoms. The Morgan fingerprint density at radius 1 is 0.967 bits per heavy atom. The molecule has 0 saturated heterocycles. The molecule has 2 aliphatic rings. The van der Waals surface area contributed by atoms with Crippen molar-refractivity contribution >= 4 is 39.9 Å². The van der Waals surface area contributed by atoms with E-state index in [0.717, 1.165) is 35.5 Å². The van der Waals surface area contributed by atoms with E-state index in [-0.39, 0.29) is 0 Å². The third-order valence-corrected chi connectivity index (χ3v) is 7.43. The first kappa shape index (κ1) is 19.8. The first-order chi connectivity index (χ1) is 14.8. The molecule has 2 aromatic heterocycles. The number of pyridine rings is 1. The topological polar surface area (TPSA) is 59.1 Å². The van der Waals surface area contributed by atoms with Crippen molar-refractivity contribution < 1.29 is 4.74 Å². The largest absolute Gasteiger partial charge is 0.375 e. The zero-order chi connectivity index (χ0) is 20.2. The van der Waals surface area contributed by atoms with Crippen LogP contribution in [0.2, 0.25) is 0 Å². The number of nitrogens with one attached hydrogen (secondary N) is 2. The van der Waals surface area contributed by atoms with Gasteiger partial charge in [-0.05, 0) is 37.1 Å². The van der Waals surface area contributed by atoms with Gasteiger partial charge >= 0.3 is 0 Å². The quantitative estimate of drug-likeness (QED) is 0.474. The molecule has 0 atom stereocenters. The first-order valence-electron chi connectivity index (χ1n) is 10.7. The molecule has 30 heavy (non-hydrogen) atoms. The van der Waals surface area contributed by atoms with E-state index in [1.54, 1.807) is 23.1 Å². The third-order valence-electron chi connectivity index (χ3n) is 5.46. The molecule has 5 nitrogen and oxygen atoms in total. The number of ether oxygens (including phenoxy) is 1. The van der Waals surface area contributed by atoms with Crippen molar-refractivity contribution in [3.05, 3.63) is 53.0 Å². The monoisotopic (exact) mass is 438 g/mol. The van der Waals surface area contributed by atoms with Crippen LogP contribution in [0.1, 0.15) is 42.7 Å². The van der Waals surface area contributed by atoms with Crippen LogP contribution in [0.15, 0.2) is 52.3 Å². The van der Waals surface area contributed by atoms with Crippen molar-refractivity contribution in [2.24, 2.45) is 0 Å². The molecule has 0 amide bonds. The summed E-state index contributed by atoms with van der Waals surface area (Å²) < 4.78 is 5.56. The van der Waals surface area contributed by atoms with Crippen LogP contribution in [0.3, 0.4) is 0 Å². The molecule has 1 saturated carbocycles. The summed E-state index contributed by atoms with van der Waals surface area (Å²) in [6, 6.07) is 15.3. The summed E-state index contributed by atoms with van der Waals surface area (Å²) in [7, 11) is 0. The van der Waals surface area contributed by atoms with E-state index >= 15 is 0 Å². The van der Waals surface area contributed by atoms with Gasteiger partial charge in [0.1, 0.15) is 11.6 Å². The minimum absolute atomic E-state index is 0.514. The van der Waals surface area contributed by atoms with Crippen molar-refractivity contribution in [2.45, 2.75) is 61.0 Å². The van der Waals surface area contributed by atoms with Crippen LogP contribution >= 0.6 is 23.1 Å². The number of hydrogen-bond acceptors (Lipinski definition) is 7. The van der Waals surface area contributed by atoms with Crippen LogP contribution in [0.5, 0.6) is 0 Å². The van der Waals surface area contributed by atoms with Gasteiger partial charge in [0.15, 0.2) is 5.13 Å². The van der Waals surface area contributed by atoms with Crippen molar-refractivity contribution in [2.75, 3.05) is 17.2 Å². The second kappa shape index (κ2) is 9.37. The lowest BCUT2D eigenvalue weighted by molar-refractivity contribution is 0.112. The SMILES string of the molecule is c1ccc(Sc2cc(Nc3nc4c(s3)COCC4)nc(NC3CCCCC3)c2)cc1. The van der Waals surface area contributed by atoms with Crippen molar-refractivity contribution in [1.29, 1.82) is 0 Å². The Balaban J connectivity index is 1.40. The van der Waals surface area contributed by atoms with Gasteiger partial charge < -0.3 is 15.4 Å². The number of rotatable bonds is 6. The molecule has 1 aliphatic carbocycles. The highest BCUT2D eigenvalue weighted by Gasteiger charge is 2.17. The third kappa shape index (κ3) is 4.96.